The summed E-state index contributed by atoms with van der Waals surface area (Å²) in [6, 6.07) is 11.8. The lowest BCUT2D eigenvalue weighted by Gasteiger charge is -2.20. The van der Waals surface area contributed by atoms with Crippen molar-refractivity contribution in [1.82, 2.24) is 0 Å². The predicted octanol–water partition coefficient (Wildman–Crippen LogP) is 3.64. The van der Waals surface area contributed by atoms with Crippen LogP contribution in [0, 0.1) is 12.7 Å². The highest BCUT2D eigenvalue weighted by atomic mass is 32.2. The average molecular weight is 390 g/mol. The molecule has 0 aliphatic carbocycles. The number of benzene rings is 2. The molecule has 0 unspecified atom stereocenters. The van der Waals surface area contributed by atoms with Gasteiger partial charge in [-0.15, -0.1) is 0 Å². The number of hydrogen-bond donors (Lipinski definition) is 1. The number of carbonyl (C=O) groups excluding carboxylic acids is 1. The smallest absolute Gasteiger partial charge is 0.235 e. The number of nitrogens with zero attached hydrogens (tertiary/aromatic N) is 1. The molecule has 1 heterocycles. The fourth-order valence-corrected chi connectivity index (χ4v) is 4.85. The first-order chi connectivity index (χ1) is 12.9. The zero-order chi connectivity index (χ0) is 19.4. The summed E-state index contributed by atoms with van der Waals surface area (Å²) in [4.78, 5) is 12.2. The first-order valence-corrected chi connectivity index (χ1v) is 10.6. The summed E-state index contributed by atoms with van der Waals surface area (Å²) < 4.78 is 39.3. The lowest BCUT2D eigenvalue weighted by molar-refractivity contribution is -0.116. The van der Waals surface area contributed by atoms with Crippen molar-refractivity contribution in [3.63, 3.8) is 0 Å². The van der Waals surface area contributed by atoms with E-state index in [1.54, 1.807) is 36.4 Å². The second-order valence-corrected chi connectivity index (χ2v) is 8.75. The topological polar surface area (TPSA) is 66.5 Å². The second kappa shape index (κ2) is 8.08. The number of rotatable bonds is 6. The molecule has 2 aromatic carbocycles. The molecule has 1 N–H and O–H groups in total. The van der Waals surface area contributed by atoms with Gasteiger partial charge in [0.15, 0.2) is 0 Å². The Balaban J connectivity index is 1.61. The van der Waals surface area contributed by atoms with Gasteiger partial charge in [0.2, 0.25) is 15.9 Å². The molecule has 0 spiro atoms. The number of halogens is 1. The molecule has 1 fully saturated rings. The van der Waals surface area contributed by atoms with E-state index in [4.69, 9.17) is 0 Å². The summed E-state index contributed by atoms with van der Waals surface area (Å²) in [5, 5.41) is 2.81. The highest BCUT2D eigenvalue weighted by Crippen LogP contribution is 2.30. The van der Waals surface area contributed by atoms with Crippen LogP contribution in [0.15, 0.2) is 42.5 Å². The standard InChI is InChI=1S/C20H23FN2O3S/c1-15-10-11-17(14-19(15)23-12-5-13-27(23,25)26)22-20(24)9-4-7-16-6-2-3-8-18(16)21/h2-3,6,8,10-11,14H,4-5,7,9,12-13H2,1H3,(H,22,24). The van der Waals surface area contributed by atoms with Crippen LogP contribution in [0.1, 0.15) is 30.4 Å². The molecule has 1 aliphatic rings. The van der Waals surface area contributed by atoms with Crippen LogP contribution in [0.3, 0.4) is 0 Å². The van der Waals surface area contributed by atoms with Gasteiger partial charge in [-0.1, -0.05) is 24.3 Å². The van der Waals surface area contributed by atoms with Gasteiger partial charge in [-0.25, -0.2) is 12.8 Å². The number of anilines is 2. The molecule has 5 nitrogen and oxygen atoms in total. The third kappa shape index (κ3) is 4.66. The van der Waals surface area contributed by atoms with Gasteiger partial charge in [-0.2, -0.15) is 0 Å². The van der Waals surface area contributed by atoms with E-state index in [9.17, 15) is 17.6 Å². The Kier molecular flexibility index (Phi) is 5.79. The van der Waals surface area contributed by atoms with Crippen molar-refractivity contribution in [2.24, 2.45) is 0 Å². The van der Waals surface area contributed by atoms with Crippen LogP contribution in [0.2, 0.25) is 0 Å². The lowest BCUT2D eigenvalue weighted by Crippen LogP contribution is -2.26. The van der Waals surface area contributed by atoms with Crippen LogP contribution in [0.5, 0.6) is 0 Å². The summed E-state index contributed by atoms with van der Waals surface area (Å²) in [7, 11) is -3.27. The molecule has 27 heavy (non-hydrogen) atoms. The Labute approximate surface area is 159 Å². The van der Waals surface area contributed by atoms with Crippen LogP contribution >= 0.6 is 0 Å². The molecule has 2 aromatic rings. The zero-order valence-electron chi connectivity index (χ0n) is 15.2. The fourth-order valence-electron chi connectivity index (χ4n) is 3.23. The quantitative estimate of drug-likeness (QED) is 0.819. The van der Waals surface area contributed by atoms with Gasteiger partial charge in [0.25, 0.3) is 0 Å². The normalized spacial score (nSPS) is 15.7. The van der Waals surface area contributed by atoms with Gasteiger partial charge in [0, 0.05) is 18.7 Å². The van der Waals surface area contributed by atoms with Crippen LogP contribution in [0.25, 0.3) is 0 Å². The maximum Gasteiger partial charge on any atom is 0.235 e. The van der Waals surface area contributed by atoms with E-state index >= 15 is 0 Å². The van der Waals surface area contributed by atoms with Crippen LogP contribution in [-0.2, 0) is 21.2 Å². The van der Waals surface area contributed by atoms with Crippen LogP contribution in [0.4, 0.5) is 15.8 Å². The van der Waals surface area contributed by atoms with E-state index in [0.29, 0.717) is 42.7 Å². The number of hydrogen-bond acceptors (Lipinski definition) is 3. The van der Waals surface area contributed by atoms with Gasteiger partial charge in [0.05, 0.1) is 11.4 Å². The SMILES string of the molecule is Cc1ccc(NC(=O)CCCc2ccccc2F)cc1N1CCCS1(=O)=O. The number of amides is 1. The maximum atomic E-state index is 13.6. The van der Waals surface area contributed by atoms with Crippen molar-refractivity contribution in [2.75, 3.05) is 21.9 Å². The van der Waals surface area contributed by atoms with Crippen molar-refractivity contribution < 1.29 is 17.6 Å². The highest BCUT2D eigenvalue weighted by Gasteiger charge is 2.29. The van der Waals surface area contributed by atoms with E-state index in [0.717, 1.165) is 5.56 Å². The average Bonchev–Trinajstić information content (AvgIpc) is 2.97. The Morgan fingerprint density at radius 1 is 1.22 bits per heavy atom. The fraction of sp³-hybridized carbons (Fsp3) is 0.350. The third-order valence-corrected chi connectivity index (χ3v) is 6.52. The molecule has 0 saturated carbocycles. The molecule has 0 atom stereocenters. The summed E-state index contributed by atoms with van der Waals surface area (Å²) in [6.45, 7) is 2.31. The van der Waals surface area contributed by atoms with Crippen molar-refractivity contribution in [2.45, 2.75) is 32.6 Å². The Hall–Kier alpha value is -2.41. The molecule has 1 aliphatic heterocycles. The molecule has 144 valence electrons. The summed E-state index contributed by atoms with van der Waals surface area (Å²) in [6.07, 6.45) is 1.89. The third-order valence-electron chi connectivity index (χ3n) is 4.67. The summed E-state index contributed by atoms with van der Waals surface area (Å²) >= 11 is 0. The van der Waals surface area contributed by atoms with Crippen molar-refractivity contribution in [1.29, 1.82) is 0 Å². The Bertz CT molecular complexity index is 944. The van der Waals surface area contributed by atoms with Gasteiger partial charge < -0.3 is 5.32 Å². The molecule has 7 heteroatoms. The first kappa shape index (κ1) is 19.4. The largest absolute Gasteiger partial charge is 0.326 e. The van der Waals surface area contributed by atoms with Gasteiger partial charge >= 0.3 is 0 Å². The molecular formula is C20H23FN2O3S. The maximum absolute atomic E-state index is 13.6. The van der Waals surface area contributed by atoms with Crippen LogP contribution in [-0.4, -0.2) is 26.6 Å². The number of aryl methyl sites for hydroxylation is 2. The van der Waals surface area contributed by atoms with Crippen molar-refractivity contribution in [3.8, 4) is 0 Å². The molecule has 3 rings (SSSR count). The zero-order valence-corrected chi connectivity index (χ0v) is 16.1. The van der Waals surface area contributed by atoms with Gasteiger partial charge in [0.1, 0.15) is 5.82 Å². The molecule has 1 amide bonds. The van der Waals surface area contributed by atoms with Gasteiger partial charge in [-0.05, 0) is 55.5 Å². The minimum Gasteiger partial charge on any atom is -0.326 e. The van der Waals surface area contributed by atoms with E-state index in [2.05, 4.69) is 5.32 Å². The van der Waals surface area contributed by atoms with E-state index < -0.39 is 10.0 Å². The summed E-state index contributed by atoms with van der Waals surface area (Å²) in [5.74, 6) is -0.280. The molecular weight excluding hydrogens is 367 g/mol. The monoisotopic (exact) mass is 390 g/mol. The molecule has 0 radical (unpaired) electrons. The Morgan fingerprint density at radius 3 is 2.70 bits per heavy atom. The van der Waals surface area contributed by atoms with Crippen molar-refractivity contribution in [3.05, 3.63) is 59.4 Å². The molecule has 0 aromatic heterocycles. The number of sulfonamides is 1. The van der Waals surface area contributed by atoms with Crippen molar-refractivity contribution >= 4 is 27.3 Å². The van der Waals surface area contributed by atoms with Crippen LogP contribution < -0.4 is 9.62 Å². The van der Waals surface area contributed by atoms with E-state index in [1.807, 2.05) is 6.92 Å². The number of nitrogens with one attached hydrogen (secondary N) is 1. The van der Waals surface area contributed by atoms with E-state index in [-0.39, 0.29) is 23.9 Å². The summed E-state index contributed by atoms with van der Waals surface area (Å²) in [5.41, 5.74) is 2.62. The second-order valence-electron chi connectivity index (χ2n) is 6.74. The molecule has 0 bridgehead atoms. The van der Waals surface area contributed by atoms with Gasteiger partial charge in [-0.3, -0.25) is 9.10 Å². The highest BCUT2D eigenvalue weighted by molar-refractivity contribution is 7.93. The molecule has 1 saturated heterocycles. The minimum atomic E-state index is -3.27. The first-order valence-electron chi connectivity index (χ1n) is 9.01. The Morgan fingerprint density at radius 2 is 2.00 bits per heavy atom. The lowest BCUT2D eigenvalue weighted by atomic mass is 10.1. The number of carbonyl (C=O) groups is 1. The minimum absolute atomic E-state index is 0.152. The predicted molar refractivity (Wildman–Crippen MR) is 105 cm³/mol. The van der Waals surface area contributed by atoms with E-state index in [1.165, 1.54) is 10.4 Å².